The van der Waals surface area contributed by atoms with Gasteiger partial charge in [-0.05, 0) is 38.0 Å². The van der Waals surface area contributed by atoms with Crippen molar-refractivity contribution >= 4 is 21.1 Å². The van der Waals surface area contributed by atoms with E-state index in [9.17, 15) is 8.42 Å². The number of rotatable bonds is 4. The molecule has 7 nitrogen and oxygen atoms in total. The van der Waals surface area contributed by atoms with Crippen LogP contribution in [-0.2, 0) is 16.6 Å². The Kier molecular flexibility index (Phi) is 4.09. The van der Waals surface area contributed by atoms with E-state index in [4.69, 9.17) is 0 Å². The van der Waals surface area contributed by atoms with Gasteiger partial charge in [0.25, 0.3) is 0 Å². The maximum atomic E-state index is 12.9. The largest absolute Gasteiger partial charge is 0.357 e. The van der Waals surface area contributed by atoms with E-state index in [1.54, 1.807) is 21.4 Å². The molecule has 1 fully saturated rings. The standard InChI is InChI=1S/C17H21N5O2S/c1-2-21-12-14(10-19-21)25(23,24)22-8-4-5-13(11-22)16-9-17-15(20-16)6-3-7-18-17/h3,6-7,9-10,12-13,20H,2,4-5,8,11H2,1H3. The van der Waals surface area contributed by atoms with Crippen LogP contribution in [0.1, 0.15) is 31.4 Å². The van der Waals surface area contributed by atoms with Crippen molar-refractivity contribution in [2.24, 2.45) is 0 Å². The number of hydrogen-bond donors (Lipinski definition) is 1. The molecule has 0 bridgehead atoms. The van der Waals surface area contributed by atoms with Crippen LogP contribution < -0.4 is 0 Å². The molecule has 0 radical (unpaired) electrons. The summed E-state index contributed by atoms with van der Waals surface area (Å²) in [6.45, 7) is 3.62. The molecule has 132 valence electrons. The minimum atomic E-state index is -3.50. The van der Waals surface area contributed by atoms with Gasteiger partial charge in [0.15, 0.2) is 0 Å². The minimum absolute atomic E-state index is 0.152. The molecule has 1 atom stereocenters. The molecule has 4 rings (SSSR count). The fourth-order valence-corrected chi connectivity index (χ4v) is 4.89. The van der Waals surface area contributed by atoms with Gasteiger partial charge in [-0.15, -0.1) is 0 Å². The fourth-order valence-electron chi connectivity index (χ4n) is 3.41. The monoisotopic (exact) mass is 359 g/mol. The van der Waals surface area contributed by atoms with Gasteiger partial charge in [-0.3, -0.25) is 9.67 Å². The van der Waals surface area contributed by atoms with E-state index < -0.39 is 10.0 Å². The minimum Gasteiger partial charge on any atom is -0.357 e. The molecule has 1 aliphatic rings. The summed E-state index contributed by atoms with van der Waals surface area (Å²) < 4.78 is 29.0. The molecule has 1 unspecified atom stereocenters. The highest BCUT2D eigenvalue weighted by Crippen LogP contribution is 2.31. The van der Waals surface area contributed by atoms with E-state index in [1.807, 2.05) is 25.1 Å². The van der Waals surface area contributed by atoms with Gasteiger partial charge in [0, 0.05) is 43.6 Å². The molecule has 3 aromatic rings. The maximum absolute atomic E-state index is 12.9. The van der Waals surface area contributed by atoms with Crippen LogP contribution in [0, 0.1) is 0 Å². The second-order valence-corrected chi connectivity index (χ2v) is 8.33. The van der Waals surface area contributed by atoms with Gasteiger partial charge in [-0.25, -0.2) is 8.42 Å². The second kappa shape index (κ2) is 6.27. The summed E-state index contributed by atoms with van der Waals surface area (Å²) in [5.41, 5.74) is 2.96. The topological polar surface area (TPSA) is 83.9 Å². The molecule has 0 aromatic carbocycles. The summed E-state index contributed by atoms with van der Waals surface area (Å²) in [5, 5.41) is 4.10. The summed E-state index contributed by atoms with van der Waals surface area (Å²) in [4.78, 5) is 8.01. The predicted molar refractivity (Wildman–Crippen MR) is 94.7 cm³/mol. The first-order valence-corrected chi connectivity index (χ1v) is 9.98. The molecule has 0 aliphatic carbocycles. The van der Waals surface area contributed by atoms with Crippen LogP contribution in [-0.4, -0.2) is 45.6 Å². The Morgan fingerprint density at radius 2 is 2.28 bits per heavy atom. The lowest BCUT2D eigenvalue weighted by molar-refractivity contribution is 0.313. The third-order valence-corrected chi connectivity index (χ3v) is 6.62. The van der Waals surface area contributed by atoms with Crippen LogP contribution >= 0.6 is 0 Å². The summed E-state index contributed by atoms with van der Waals surface area (Å²) in [5.74, 6) is 0.152. The number of fused-ring (bicyclic) bond motifs is 1. The summed E-state index contributed by atoms with van der Waals surface area (Å²) in [7, 11) is -3.50. The third kappa shape index (κ3) is 2.96. The van der Waals surface area contributed by atoms with Crippen molar-refractivity contribution in [3.05, 3.63) is 42.5 Å². The maximum Gasteiger partial charge on any atom is 0.246 e. The van der Waals surface area contributed by atoms with E-state index in [0.717, 1.165) is 29.6 Å². The highest BCUT2D eigenvalue weighted by molar-refractivity contribution is 7.89. The van der Waals surface area contributed by atoms with E-state index >= 15 is 0 Å². The average Bonchev–Trinajstić information content (AvgIpc) is 3.29. The SMILES string of the molecule is CCn1cc(S(=O)(=O)N2CCCC(c3cc4ncccc4[nH]3)C2)cn1. The van der Waals surface area contributed by atoms with Crippen molar-refractivity contribution in [3.63, 3.8) is 0 Å². The second-order valence-electron chi connectivity index (χ2n) is 6.39. The third-order valence-electron chi connectivity index (χ3n) is 4.81. The van der Waals surface area contributed by atoms with E-state index in [-0.39, 0.29) is 10.8 Å². The molecule has 1 N–H and O–H groups in total. The Bertz CT molecular complexity index is 958. The lowest BCUT2D eigenvalue weighted by Crippen LogP contribution is -2.39. The number of pyridine rings is 1. The van der Waals surface area contributed by atoms with Crippen molar-refractivity contribution in [2.75, 3.05) is 13.1 Å². The number of nitrogens with zero attached hydrogens (tertiary/aromatic N) is 4. The first kappa shape index (κ1) is 16.3. The van der Waals surface area contributed by atoms with Gasteiger partial charge in [0.2, 0.25) is 10.0 Å². The normalized spacial score (nSPS) is 19.5. The number of aryl methyl sites for hydroxylation is 1. The Balaban J connectivity index is 1.59. The van der Waals surface area contributed by atoms with Crippen LogP contribution in [0.3, 0.4) is 0 Å². The Morgan fingerprint density at radius 3 is 3.04 bits per heavy atom. The van der Waals surface area contributed by atoms with Crippen LogP contribution in [0.25, 0.3) is 11.0 Å². The average molecular weight is 359 g/mol. The number of aromatic amines is 1. The zero-order valence-corrected chi connectivity index (χ0v) is 14.9. The molecular formula is C17H21N5O2S. The number of H-pyrrole nitrogens is 1. The highest BCUT2D eigenvalue weighted by atomic mass is 32.2. The van der Waals surface area contributed by atoms with E-state index in [1.165, 1.54) is 6.20 Å². The lowest BCUT2D eigenvalue weighted by atomic mass is 9.96. The highest BCUT2D eigenvalue weighted by Gasteiger charge is 2.32. The van der Waals surface area contributed by atoms with Gasteiger partial charge in [0.05, 0.1) is 17.2 Å². The molecule has 1 saturated heterocycles. The van der Waals surface area contributed by atoms with Crippen LogP contribution in [0.4, 0.5) is 0 Å². The number of nitrogens with one attached hydrogen (secondary N) is 1. The molecule has 0 amide bonds. The molecule has 25 heavy (non-hydrogen) atoms. The molecule has 8 heteroatoms. The van der Waals surface area contributed by atoms with Gasteiger partial charge >= 0.3 is 0 Å². The van der Waals surface area contributed by atoms with Gasteiger partial charge in [-0.2, -0.15) is 9.40 Å². The van der Waals surface area contributed by atoms with Crippen molar-refractivity contribution in [1.82, 2.24) is 24.1 Å². The van der Waals surface area contributed by atoms with Gasteiger partial charge in [0.1, 0.15) is 4.90 Å². The summed E-state index contributed by atoms with van der Waals surface area (Å²) in [6, 6.07) is 5.92. The van der Waals surface area contributed by atoms with Gasteiger partial charge < -0.3 is 4.98 Å². The Morgan fingerprint density at radius 1 is 1.40 bits per heavy atom. The van der Waals surface area contributed by atoms with Gasteiger partial charge in [-0.1, -0.05) is 0 Å². The molecule has 0 saturated carbocycles. The molecular weight excluding hydrogens is 338 g/mol. The molecule has 4 heterocycles. The lowest BCUT2D eigenvalue weighted by Gasteiger charge is -2.31. The smallest absolute Gasteiger partial charge is 0.246 e. The quantitative estimate of drug-likeness (QED) is 0.775. The Hall–Kier alpha value is -2.19. The van der Waals surface area contributed by atoms with Crippen molar-refractivity contribution in [3.8, 4) is 0 Å². The van der Waals surface area contributed by atoms with E-state index in [0.29, 0.717) is 19.6 Å². The van der Waals surface area contributed by atoms with Crippen LogP contribution in [0.5, 0.6) is 0 Å². The van der Waals surface area contributed by atoms with Crippen molar-refractivity contribution < 1.29 is 8.42 Å². The zero-order valence-electron chi connectivity index (χ0n) is 14.1. The number of hydrogen-bond acceptors (Lipinski definition) is 4. The number of sulfonamides is 1. The van der Waals surface area contributed by atoms with Crippen LogP contribution in [0.15, 0.2) is 41.7 Å². The zero-order chi connectivity index (χ0) is 17.4. The van der Waals surface area contributed by atoms with Crippen molar-refractivity contribution in [1.29, 1.82) is 0 Å². The van der Waals surface area contributed by atoms with Crippen LogP contribution in [0.2, 0.25) is 0 Å². The first-order chi connectivity index (χ1) is 12.1. The van der Waals surface area contributed by atoms with E-state index in [2.05, 4.69) is 15.1 Å². The Labute approximate surface area is 146 Å². The fraction of sp³-hybridized carbons (Fsp3) is 0.412. The summed E-state index contributed by atoms with van der Waals surface area (Å²) in [6.07, 6.45) is 6.62. The molecule has 3 aromatic heterocycles. The number of piperidine rings is 1. The first-order valence-electron chi connectivity index (χ1n) is 8.54. The number of aromatic nitrogens is 4. The predicted octanol–water partition coefficient (Wildman–Crippen LogP) is 2.35. The summed E-state index contributed by atoms with van der Waals surface area (Å²) >= 11 is 0. The molecule has 0 spiro atoms. The molecule has 1 aliphatic heterocycles. The van der Waals surface area contributed by atoms with Crippen molar-refractivity contribution in [2.45, 2.75) is 37.1 Å².